The lowest BCUT2D eigenvalue weighted by molar-refractivity contribution is -0.153. The van der Waals surface area contributed by atoms with Gasteiger partial charge in [-0.2, -0.15) is 13.2 Å². The Bertz CT molecular complexity index is 600. The zero-order chi connectivity index (χ0) is 17.9. The molecule has 0 saturated carbocycles. The fraction of sp³-hybridized carbons (Fsp3) is 0.500. The molecule has 1 aliphatic heterocycles. The fourth-order valence-corrected chi connectivity index (χ4v) is 2.64. The summed E-state index contributed by atoms with van der Waals surface area (Å²) in [5.74, 6) is -1.30. The summed E-state index contributed by atoms with van der Waals surface area (Å²) in [6, 6.07) is 4.32. The van der Waals surface area contributed by atoms with Crippen LogP contribution in [0.4, 0.5) is 13.2 Å². The normalized spacial score (nSPS) is 21.4. The molecule has 1 heterocycles. The topological polar surface area (TPSA) is 66.8 Å². The molecule has 1 aromatic carbocycles. The Hall–Kier alpha value is -2.25. The average Bonchev–Trinajstić information content (AvgIpc) is 2.52. The zero-order valence-corrected chi connectivity index (χ0v) is 13.0. The van der Waals surface area contributed by atoms with E-state index in [2.05, 4.69) is 4.74 Å². The molecule has 8 heteroatoms. The number of nitrogens with zero attached hydrogens (tertiary/aromatic N) is 1. The summed E-state index contributed by atoms with van der Waals surface area (Å²) in [4.78, 5) is 25.1. The van der Waals surface area contributed by atoms with E-state index in [0.717, 1.165) is 0 Å². The number of carboxylic acid groups (broad SMARTS) is 1. The first kappa shape index (κ1) is 18.1. The van der Waals surface area contributed by atoms with Crippen LogP contribution in [0.15, 0.2) is 24.3 Å². The molecule has 1 saturated heterocycles. The number of amides is 1. The standard InChI is InChI=1S/C16H18F3NO4/c1-10-6-7-20(13(8-10)15(22)23)14(21)11-2-4-12(5-3-11)24-9-16(17,18)19/h2-5,10,13H,6-9H2,1H3,(H,22,23). The molecular formula is C16H18F3NO4. The van der Waals surface area contributed by atoms with E-state index in [1.54, 1.807) is 0 Å². The van der Waals surface area contributed by atoms with Crippen LogP contribution in [0.25, 0.3) is 0 Å². The lowest BCUT2D eigenvalue weighted by atomic mass is 9.92. The van der Waals surface area contributed by atoms with Crippen LogP contribution in [0.3, 0.4) is 0 Å². The quantitative estimate of drug-likeness (QED) is 0.911. The molecule has 2 unspecified atom stereocenters. The van der Waals surface area contributed by atoms with E-state index in [0.29, 0.717) is 19.4 Å². The molecule has 0 aliphatic carbocycles. The van der Waals surface area contributed by atoms with Gasteiger partial charge in [0.05, 0.1) is 0 Å². The summed E-state index contributed by atoms with van der Waals surface area (Å²) in [7, 11) is 0. The van der Waals surface area contributed by atoms with Crippen molar-refractivity contribution >= 4 is 11.9 Å². The number of halogens is 3. The van der Waals surface area contributed by atoms with Crippen molar-refractivity contribution in [3.05, 3.63) is 29.8 Å². The van der Waals surface area contributed by atoms with E-state index in [9.17, 15) is 27.9 Å². The van der Waals surface area contributed by atoms with Crippen LogP contribution >= 0.6 is 0 Å². The SMILES string of the molecule is CC1CCN(C(=O)c2ccc(OCC(F)(F)F)cc2)C(C(=O)O)C1. The van der Waals surface area contributed by atoms with Gasteiger partial charge in [-0.05, 0) is 43.0 Å². The van der Waals surface area contributed by atoms with Crippen molar-refractivity contribution in [3.63, 3.8) is 0 Å². The van der Waals surface area contributed by atoms with Gasteiger partial charge in [0.1, 0.15) is 11.8 Å². The van der Waals surface area contributed by atoms with E-state index >= 15 is 0 Å². The van der Waals surface area contributed by atoms with Crippen molar-refractivity contribution in [1.29, 1.82) is 0 Å². The minimum Gasteiger partial charge on any atom is -0.484 e. The largest absolute Gasteiger partial charge is 0.484 e. The van der Waals surface area contributed by atoms with Crippen molar-refractivity contribution < 1.29 is 32.6 Å². The maximum absolute atomic E-state index is 12.5. The molecule has 1 amide bonds. The maximum atomic E-state index is 12.5. The average molecular weight is 345 g/mol. The van der Waals surface area contributed by atoms with Crippen LogP contribution in [0.1, 0.15) is 30.1 Å². The number of alkyl halides is 3. The molecule has 24 heavy (non-hydrogen) atoms. The Balaban J connectivity index is 2.07. The highest BCUT2D eigenvalue weighted by atomic mass is 19.4. The van der Waals surface area contributed by atoms with Crippen molar-refractivity contribution in [1.82, 2.24) is 4.90 Å². The second kappa shape index (κ2) is 7.11. The third-order valence-corrected chi connectivity index (χ3v) is 3.91. The van der Waals surface area contributed by atoms with Crippen LogP contribution in [-0.2, 0) is 4.79 Å². The number of likely N-dealkylation sites (tertiary alicyclic amines) is 1. The number of carbonyl (C=O) groups is 2. The third kappa shape index (κ3) is 4.62. The van der Waals surface area contributed by atoms with Crippen molar-refractivity contribution in [3.8, 4) is 5.75 Å². The first-order chi connectivity index (χ1) is 11.2. The molecule has 0 spiro atoms. The van der Waals surface area contributed by atoms with Gasteiger partial charge in [0, 0.05) is 12.1 Å². The molecule has 1 N–H and O–H groups in total. The Morgan fingerprint density at radius 1 is 1.29 bits per heavy atom. The highest BCUT2D eigenvalue weighted by Gasteiger charge is 2.35. The molecule has 1 aromatic rings. The molecule has 5 nitrogen and oxygen atoms in total. The van der Waals surface area contributed by atoms with Crippen molar-refractivity contribution in [2.45, 2.75) is 32.0 Å². The highest BCUT2D eigenvalue weighted by Crippen LogP contribution is 2.25. The van der Waals surface area contributed by atoms with Gasteiger partial charge in [0.2, 0.25) is 0 Å². The number of hydrogen-bond acceptors (Lipinski definition) is 3. The number of aliphatic carboxylic acids is 1. The fourth-order valence-electron chi connectivity index (χ4n) is 2.64. The van der Waals surface area contributed by atoms with E-state index in [1.165, 1.54) is 29.2 Å². The first-order valence-electron chi connectivity index (χ1n) is 7.51. The number of piperidine rings is 1. The maximum Gasteiger partial charge on any atom is 0.422 e. The minimum atomic E-state index is -4.44. The molecule has 1 fully saturated rings. The summed E-state index contributed by atoms with van der Waals surface area (Å²) in [6.07, 6.45) is -3.34. The van der Waals surface area contributed by atoms with Crippen LogP contribution < -0.4 is 4.74 Å². The number of carboxylic acids is 1. The van der Waals surface area contributed by atoms with Crippen LogP contribution in [0.5, 0.6) is 5.75 Å². The van der Waals surface area contributed by atoms with Crippen LogP contribution in [0.2, 0.25) is 0 Å². The Labute approximate surface area is 137 Å². The first-order valence-corrected chi connectivity index (χ1v) is 7.51. The Morgan fingerprint density at radius 2 is 1.92 bits per heavy atom. The van der Waals surface area contributed by atoms with E-state index in [4.69, 9.17) is 0 Å². The summed E-state index contributed by atoms with van der Waals surface area (Å²) < 4.78 is 40.9. The number of ether oxygens (including phenoxy) is 1. The van der Waals surface area contributed by atoms with Gasteiger partial charge in [-0.1, -0.05) is 6.92 Å². The molecule has 2 rings (SSSR count). The predicted molar refractivity (Wildman–Crippen MR) is 78.9 cm³/mol. The number of benzene rings is 1. The van der Waals surface area contributed by atoms with Gasteiger partial charge in [0.15, 0.2) is 6.61 Å². The number of hydrogen-bond donors (Lipinski definition) is 1. The lowest BCUT2D eigenvalue weighted by Gasteiger charge is -2.36. The van der Waals surface area contributed by atoms with Gasteiger partial charge >= 0.3 is 12.1 Å². The zero-order valence-electron chi connectivity index (χ0n) is 13.0. The van der Waals surface area contributed by atoms with Crippen LogP contribution in [0, 0.1) is 5.92 Å². The van der Waals surface area contributed by atoms with Crippen molar-refractivity contribution in [2.75, 3.05) is 13.2 Å². The highest BCUT2D eigenvalue weighted by molar-refractivity contribution is 5.96. The molecular weight excluding hydrogens is 327 g/mol. The van der Waals surface area contributed by atoms with E-state index in [-0.39, 0.29) is 17.2 Å². The molecule has 0 bridgehead atoms. The molecule has 2 atom stereocenters. The van der Waals surface area contributed by atoms with Gasteiger partial charge in [0.25, 0.3) is 5.91 Å². The summed E-state index contributed by atoms with van der Waals surface area (Å²) in [5.41, 5.74) is 0.218. The lowest BCUT2D eigenvalue weighted by Crippen LogP contribution is -2.49. The monoisotopic (exact) mass is 345 g/mol. The minimum absolute atomic E-state index is 0.00840. The molecule has 0 radical (unpaired) electrons. The Morgan fingerprint density at radius 3 is 2.46 bits per heavy atom. The summed E-state index contributed by atoms with van der Waals surface area (Å²) in [5, 5.41) is 9.29. The third-order valence-electron chi connectivity index (χ3n) is 3.91. The number of carbonyl (C=O) groups excluding carboxylic acids is 1. The molecule has 132 valence electrons. The smallest absolute Gasteiger partial charge is 0.422 e. The van der Waals surface area contributed by atoms with Gasteiger partial charge < -0.3 is 14.7 Å². The van der Waals surface area contributed by atoms with Gasteiger partial charge in [-0.25, -0.2) is 4.79 Å². The molecule has 0 aromatic heterocycles. The predicted octanol–water partition coefficient (Wildman–Crippen LogP) is 2.95. The second-order valence-corrected chi connectivity index (χ2v) is 5.91. The van der Waals surface area contributed by atoms with Crippen molar-refractivity contribution in [2.24, 2.45) is 5.92 Å². The van der Waals surface area contributed by atoms with E-state index < -0.39 is 30.7 Å². The molecule has 1 aliphatic rings. The number of rotatable bonds is 4. The van der Waals surface area contributed by atoms with Gasteiger partial charge in [-0.15, -0.1) is 0 Å². The second-order valence-electron chi connectivity index (χ2n) is 5.91. The summed E-state index contributed by atoms with van der Waals surface area (Å²) >= 11 is 0. The summed E-state index contributed by atoms with van der Waals surface area (Å²) in [6.45, 7) is 0.860. The van der Waals surface area contributed by atoms with E-state index in [1.807, 2.05) is 6.92 Å². The van der Waals surface area contributed by atoms with Crippen LogP contribution in [-0.4, -0.2) is 47.3 Å². The van der Waals surface area contributed by atoms with Gasteiger partial charge in [-0.3, -0.25) is 4.79 Å². The Kier molecular flexibility index (Phi) is 5.36.